The number of benzene rings is 1. The molecule has 0 aromatic heterocycles. The van der Waals surface area contributed by atoms with Gasteiger partial charge in [-0.2, -0.15) is 0 Å². The maximum Gasteiger partial charge on any atom is 0.00520 e. The number of hydrogen-bond donors (Lipinski definition) is 0. The second kappa shape index (κ2) is 2.78. The molecule has 0 heterocycles. The van der Waals surface area contributed by atoms with Crippen molar-refractivity contribution in [2.24, 2.45) is 0 Å². The van der Waals surface area contributed by atoms with Gasteiger partial charge in [-0.05, 0) is 24.5 Å². The van der Waals surface area contributed by atoms with Crippen molar-refractivity contribution >= 4 is 6.08 Å². The molecule has 1 aromatic carbocycles. The molecule has 0 saturated carbocycles. The maximum absolute atomic E-state index is 2.31. The smallest absolute Gasteiger partial charge is 0.00520 e. The summed E-state index contributed by atoms with van der Waals surface area (Å²) in [6.07, 6.45) is 3.53. The predicted molar refractivity (Wildman–Crippen MR) is 53.1 cm³/mol. The zero-order chi connectivity index (χ0) is 8.55. The lowest BCUT2D eigenvalue weighted by Crippen LogP contribution is -1.93. The van der Waals surface area contributed by atoms with Crippen LogP contribution in [0.25, 0.3) is 6.08 Å². The van der Waals surface area contributed by atoms with E-state index in [0.29, 0.717) is 5.92 Å². The van der Waals surface area contributed by atoms with Crippen molar-refractivity contribution in [2.75, 3.05) is 0 Å². The van der Waals surface area contributed by atoms with Crippen molar-refractivity contribution in [2.45, 2.75) is 26.2 Å². The Kier molecular flexibility index (Phi) is 1.76. The Morgan fingerprint density at radius 1 is 1.25 bits per heavy atom. The minimum Gasteiger partial charge on any atom is -0.0652 e. The fraction of sp³-hybridized carbons (Fsp3) is 0.333. The van der Waals surface area contributed by atoms with E-state index in [9.17, 15) is 0 Å². The molecule has 0 aliphatic heterocycles. The molecular weight excluding hydrogens is 144 g/mol. The summed E-state index contributed by atoms with van der Waals surface area (Å²) in [5.74, 6) is 0.682. The average Bonchev–Trinajstić information content (AvgIpc) is 2.40. The molecule has 0 N–H and O–H groups in total. The van der Waals surface area contributed by atoms with Crippen molar-refractivity contribution < 1.29 is 0 Å². The Balaban J connectivity index is 2.50. The highest BCUT2D eigenvalue weighted by Crippen LogP contribution is 2.37. The largest absolute Gasteiger partial charge is 0.0652 e. The first-order valence-electron chi connectivity index (χ1n) is 4.60. The number of allylic oxidation sites excluding steroid dienone is 1. The Labute approximate surface area is 73.9 Å². The number of rotatable bonds is 1. The molecule has 0 bridgehead atoms. The van der Waals surface area contributed by atoms with Gasteiger partial charge in [0, 0.05) is 5.92 Å². The molecule has 0 radical (unpaired) electrons. The van der Waals surface area contributed by atoms with Gasteiger partial charge in [0.05, 0.1) is 0 Å². The second-order valence-corrected chi connectivity index (χ2v) is 3.48. The van der Waals surface area contributed by atoms with Gasteiger partial charge < -0.3 is 0 Å². The van der Waals surface area contributed by atoms with E-state index in [1.807, 2.05) is 0 Å². The molecule has 0 amide bonds. The molecule has 62 valence electrons. The van der Waals surface area contributed by atoms with E-state index in [4.69, 9.17) is 0 Å². The van der Waals surface area contributed by atoms with E-state index in [1.165, 1.54) is 23.1 Å². The molecular formula is C12H14. The zero-order valence-corrected chi connectivity index (χ0v) is 7.67. The first kappa shape index (κ1) is 7.60. The first-order valence-corrected chi connectivity index (χ1v) is 4.60. The lowest BCUT2D eigenvalue weighted by molar-refractivity contribution is 0.776. The van der Waals surface area contributed by atoms with E-state index in [0.717, 1.165) is 0 Å². The van der Waals surface area contributed by atoms with Gasteiger partial charge in [-0.25, -0.2) is 0 Å². The monoisotopic (exact) mass is 158 g/mol. The van der Waals surface area contributed by atoms with Gasteiger partial charge in [0.2, 0.25) is 0 Å². The molecule has 1 aliphatic carbocycles. The normalized spacial score (nSPS) is 20.5. The van der Waals surface area contributed by atoms with Gasteiger partial charge in [-0.3, -0.25) is 0 Å². The van der Waals surface area contributed by atoms with Crippen LogP contribution in [0, 0.1) is 0 Å². The SMILES string of the molecule is CCC1C(C)=Cc2ccccc21. The van der Waals surface area contributed by atoms with Crippen LogP contribution < -0.4 is 0 Å². The van der Waals surface area contributed by atoms with E-state index in [1.54, 1.807) is 0 Å². The Morgan fingerprint density at radius 3 is 2.75 bits per heavy atom. The minimum absolute atomic E-state index is 0.682. The summed E-state index contributed by atoms with van der Waals surface area (Å²) in [5.41, 5.74) is 4.44. The summed E-state index contributed by atoms with van der Waals surface area (Å²) >= 11 is 0. The van der Waals surface area contributed by atoms with E-state index in [-0.39, 0.29) is 0 Å². The van der Waals surface area contributed by atoms with E-state index < -0.39 is 0 Å². The highest BCUT2D eigenvalue weighted by atomic mass is 14.2. The Bertz CT molecular complexity index is 321. The van der Waals surface area contributed by atoms with Crippen LogP contribution >= 0.6 is 0 Å². The van der Waals surface area contributed by atoms with Crippen molar-refractivity contribution in [3.63, 3.8) is 0 Å². The number of hydrogen-bond acceptors (Lipinski definition) is 0. The van der Waals surface area contributed by atoms with Crippen LogP contribution in [-0.4, -0.2) is 0 Å². The van der Waals surface area contributed by atoms with Gasteiger partial charge in [0.25, 0.3) is 0 Å². The molecule has 0 saturated heterocycles. The molecule has 2 rings (SSSR count). The standard InChI is InChI=1S/C12H14/c1-3-11-9(2)8-10-6-4-5-7-12(10)11/h4-8,11H,3H2,1-2H3. The van der Waals surface area contributed by atoms with E-state index in [2.05, 4.69) is 44.2 Å². The highest BCUT2D eigenvalue weighted by molar-refractivity contribution is 5.65. The minimum atomic E-state index is 0.682. The summed E-state index contributed by atoms with van der Waals surface area (Å²) in [4.78, 5) is 0. The summed E-state index contributed by atoms with van der Waals surface area (Å²) in [6, 6.07) is 8.69. The molecule has 1 unspecified atom stereocenters. The number of fused-ring (bicyclic) bond motifs is 1. The highest BCUT2D eigenvalue weighted by Gasteiger charge is 2.19. The molecule has 1 aliphatic rings. The summed E-state index contributed by atoms with van der Waals surface area (Å²) in [6.45, 7) is 4.48. The third-order valence-electron chi connectivity index (χ3n) is 2.71. The van der Waals surface area contributed by atoms with Gasteiger partial charge in [0.15, 0.2) is 0 Å². The molecule has 1 aromatic rings. The summed E-state index contributed by atoms with van der Waals surface area (Å²) < 4.78 is 0. The van der Waals surface area contributed by atoms with Gasteiger partial charge in [-0.1, -0.05) is 42.8 Å². The molecule has 0 fully saturated rings. The van der Waals surface area contributed by atoms with Crippen molar-refractivity contribution in [3.05, 3.63) is 41.0 Å². The topological polar surface area (TPSA) is 0 Å². The molecule has 0 spiro atoms. The van der Waals surface area contributed by atoms with Crippen LogP contribution in [0.5, 0.6) is 0 Å². The molecule has 12 heavy (non-hydrogen) atoms. The van der Waals surface area contributed by atoms with Crippen LogP contribution in [0.15, 0.2) is 29.8 Å². The van der Waals surface area contributed by atoms with E-state index >= 15 is 0 Å². The third kappa shape index (κ3) is 0.989. The molecule has 1 atom stereocenters. The molecule has 0 nitrogen and oxygen atoms in total. The second-order valence-electron chi connectivity index (χ2n) is 3.48. The Hall–Kier alpha value is -1.04. The summed E-state index contributed by atoms with van der Waals surface area (Å²) in [7, 11) is 0. The fourth-order valence-electron chi connectivity index (χ4n) is 2.09. The van der Waals surface area contributed by atoms with Crippen molar-refractivity contribution in [1.29, 1.82) is 0 Å². The van der Waals surface area contributed by atoms with Crippen molar-refractivity contribution in [1.82, 2.24) is 0 Å². The molecule has 0 heteroatoms. The van der Waals surface area contributed by atoms with Gasteiger partial charge in [0.1, 0.15) is 0 Å². The van der Waals surface area contributed by atoms with Gasteiger partial charge in [-0.15, -0.1) is 0 Å². The Morgan fingerprint density at radius 2 is 2.00 bits per heavy atom. The fourth-order valence-corrected chi connectivity index (χ4v) is 2.09. The summed E-state index contributed by atoms with van der Waals surface area (Å²) in [5, 5.41) is 0. The lowest BCUT2D eigenvalue weighted by atomic mass is 9.94. The average molecular weight is 158 g/mol. The van der Waals surface area contributed by atoms with Crippen LogP contribution in [0.2, 0.25) is 0 Å². The maximum atomic E-state index is 2.31. The van der Waals surface area contributed by atoms with Crippen LogP contribution in [0.4, 0.5) is 0 Å². The predicted octanol–water partition coefficient (Wildman–Crippen LogP) is 3.60. The zero-order valence-electron chi connectivity index (χ0n) is 7.67. The lowest BCUT2D eigenvalue weighted by Gasteiger charge is -2.10. The first-order chi connectivity index (χ1) is 5.83. The third-order valence-corrected chi connectivity index (χ3v) is 2.71. The van der Waals surface area contributed by atoms with Crippen LogP contribution in [0.1, 0.15) is 37.3 Å². The quantitative estimate of drug-likeness (QED) is 0.585. The van der Waals surface area contributed by atoms with Crippen molar-refractivity contribution in [3.8, 4) is 0 Å². The van der Waals surface area contributed by atoms with Crippen LogP contribution in [0.3, 0.4) is 0 Å². The van der Waals surface area contributed by atoms with Crippen LogP contribution in [-0.2, 0) is 0 Å². The van der Waals surface area contributed by atoms with Gasteiger partial charge >= 0.3 is 0 Å².